The Morgan fingerprint density at radius 2 is 2.18 bits per heavy atom. The number of hydrogen-bond acceptors (Lipinski definition) is 5. The van der Waals surface area contributed by atoms with E-state index in [2.05, 4.69) is 10.2 Å². The Kier molecular flexibility index (Phi) is 2.43. The Bertz CT molecular complexity index is 220. The molecule has 1 aromatic heterocycles. The zero-order valence-electron chi connectivity index (χ0n) is 6.74. The standard InChI is InChI=1S/C6H12N4O/c1-10(2)6-9-8-5(11-6)3-4-7/h3-4,7H2,1-2H3. The highest BCUT2D eigenvalue weighted by molar-refractivity contribution is 5.19. The molecule has 0 bridgehead atoms. The average molecular weight is 156 g/mol. The maximum Gasteiger partial charge on any atom is 0.317 e. The van der Waals surface area contributed by atoms with Gasteiger partial charge in [0.05, 0.1) is 0 Å². The van der Waals surface area contributed by atoms with Gasteiger partial charge < -0.3 is 15.1 Å². The third-order valence-corrected chi connectivity index (χ3v) is 1.20. The van der Waals surface area contributed by atoms with Crippen molar-refractivity contribution in [3.63, 3.8) is 0 Å². The number of rotatable bonds is 3. The van der Waals surface area contributed by atoms with E-state index in [0.29, 0.717) is 24.9 Å². The predicted molar refractivity (Wildman–Crippen MR) is 41.4 cm³/mol. The number of anilines is 1. The van der Waals surface area contributed by atoms with Crippen molar-refractivity contribution in [3.8, 4) is 0 Å². The van der Waals surface area contributed by atoms with Crippen LogP contribution in [0.5, 0.6) is 0 Å². The molecule has 11 heavy (non-hydrogen) atoms. The van der Waals surface area contributed by atoms with Gasteiger partial charge in [0.25, 0.3) is 0 Å². The molecule has 2 N–H and O–H groups in total. The van der Waals surface area contributed by atoms with Crippen molar-refractivity contribution in [2.24, 2.45) is 5.73 Å². The quantitative estimate of drug-likeness (QED) is 0.647. The SMILES string of the molecule is CN(C)c1nnc(CCN)o1. The molecule has 0 saturated heterocycles. The number of nitrogens with two attached hydrogens (primary N) is 1. The molecule has 0 unspecified atom stereocenters. The highest BCUT2D eigenvalue weighted by Crippen LogP contribution is 2.07. The first-order chi connectivity index (χ1) is 5.24. The molecule has 1 aromatic rings. The van der Waals surface area contributed by atoms with E-state index in [1.165, 1.54) is 0 Å². The second-order valence-electron chi connectivity index (χ2n) is 2.41. The molecule has 0 atom stereocenters. The minimum absolute atomic E-state index is 0.522. The maximum atomic E-state index is 5.30. The molecule has 62 valence electrons. The molecule has 0 radical (unpaired) electrons. The van der Waals surface area contributed by atoms with Crippen molar-refractivity contribution in [1.82, 2.24) is 10.2 Å². The summed E-state index contributed by atoms with van der Waals surface area (Å²) in [4.78, 5) is 1.76. The third-order valence-electron chi connectivity index (χ3n) is 1.20. The fourth-order valence-corrected chi connectivity index (χ4v) is 0.650. The van der Waals surface area contributed by atoms with Gasteiger partial charge in [-0.25, -0.2) is 0 Å². The minimum Gasteiger partial charge on any atom is -0.408 e. The summed E-state index contributed by atoms with van der Waals surface area (Å²) in [5.74, 6) is 0.594. The summed E-state index contributed by atoms with van der Waals surface area (Å²) in [5.41, 5.74) is 5.30. The lowest BCUT2D eigenvalue weighted by atomic mass is 10.4. The summed E-state index contributed by atoms with van der Waals surface area (Å²) in [7, 11) is 3.69. The molecule has 1 rings (SSSR count). The molecule has 5 nitrogen and oxygen atoms in total. The van der Waals surface area contributed by atoms with E-state index in [1.54, 1.807) is 4.90 Å². The molecule has 0 fully saturated rings. The van der Waals surface area contributed by atoms with Crippen molar-refractivity contribution in [2.45, 2.75) is 6.42 Å². The van der Waals surface area contributed by atoms with Gasteiger partial charge >= 0.3 is 6.01 Å². The predicted octanol–water partition coefficient (Wildman–Crippen LogP) is -0.363. The fourth-order valence-electron chi connectivity index (χ4n) is 0.650. The number of hydrogen-bond donors (Lipinski definition) is 1. The minimum atomic E-state index is 0.522. The first-order valence-corrected chi connectivity index (χ1v) is 3.44. The van der Waals surface area contributed by atoms with Crippen molar-refractivity contribution >= 4 is 6.01 Å². The Morgan fingerprint density at radius 3 is 2.64 bits per heavy atom. The lowest BCUT2D eigenvalue weighted by molar-refractivity contribution is 0.496. The Hall–Kier alpha value is -1.10. The van der Waals surface area contributed by atoms with Crippen LogP contribution in [0.2, 0.25) is 0 Å². The molecule has 0 amide bonds. The van der Waals surface area contributed by atoms with Crippen LogP contribution in [0.3, 0.4) is 0 Å². The molecule has 0 aliphatic heterocycles. The van der Waals surface area contributed by atoms with E-state index in [-0.39, 0.29) is 0 Å². The van der Waals surface area contributed by atoms with Crippen LogP contribution in [0, 0.1) is 0 Å². The fraction of sp³-hybridized carbons (Fsp3) is 0.667. The van der Waals surface area contributed by atoms with E-state index < -0.39 is 0 Å². The maximum absolute atomic E-state index is 5.30. The Balaban J connectivity index is 2.66. The molecular weight excluding hydrogens is 144 g/mol. The average Bonchev–Trinajstić information content (AvgIpc) is 2.37. The second-order valence-corrected chi connectivity index (χ2v) is 2.41. The lowest BCUT2D eigenvalue weighted by Crippen LogP contribution is -2.08. The molecule has 0 saturated carbocycles. The van der Waals surface area contributed by atoms with Crippen LogP contribution in [0.1, 0.15) is 5.89 Å². The summed E-state index contributed by atoms with van der Waals surface area (Å²) in [6.07, 6.45) is 0.640. The zero-order valence-corrected chi connectivity index (χ0v) is 6.74. The topological polar surface area (TPSA) is 68.2 Å². The van der Waals surface area contributed by atoms with Gasteiger partial charge in [-0.3, -0.25) is 0 Å². The Morgan fingerprint density at radius 1 is 1.45 bits per heavy atom. The molecule has 0 spiro atoms. The van der Waals surface area contributed by atoms with E-state index in [4.69, 9.17) is 10.2 Å². The summed E-state index contributed by atoms with van der Waals surface area (Å²) in [6, 6.07) is 0.522. The molecule has 0 aromatic carbocycles. The highest BCUT2D eigenvalue weighted by Gasteiger charge is 2.05. The summed E-state index contributed by atoms with van der Waals surface area (Å²) >= 11 is 0. The van der Waals surface area contributed by atoms with Crippen molar-refractivity contribution in [2.75, 3.05) is 25.5 Å². The van der Waals surface area contributed by atoms with Gasteiger partial charge in [-0.2, -0.15) is 0 Å². The van der Waals surface area contributed by atoms with Gasteiger partial charge in [0.1, 0.15) is 0 Å². The van der Waals surface area contributed by atoms with Crippen LogP contribution in [0.4, 0.5) is 6.01 Å². The van der Waals surface area contributed by atoms with Gasteiger partial charge in [0, 0.05) is 27.1 Å². The van der Waals surface area contributed by atoms with Gasteiger partial charge in [0.15, 0.2) is 0 Å². The highest BCUT2D eigenvalue weighted by atomic mass is 16.4. The molecule has 5 heteroatoms. The lowest BCUT2D eigenvalue weighted by Gasteiger charge is -2.02. The number of nitrogens with zero attached hydrogens (tertiary/aromatic N) is 3. The van der Waals surface area contributed by atoms with E-state index >= 15 is 0 Å². The zero-order chi connectivity index (χ0) is 8.27. The molecule has 1 heterocycles. The summed E-state index contributed by atoms with van der Waals surface area (Å²) in [5, 5.41) is 7.58. The molecular formula is C6H12N4O. The first kappa shape index (κ1) is 8.00. The van der Waals surface area contributed by atoms with E-state index in [9.17, 15) is 0 Å². The van der Waals surface area contributed by atoms with Crippen LogP contribution in [0.15, 0.2) is 4.42 Å². The number of aromatic nitrogens is 2. The van der Waals surface area contributed by atoms with Crippen molar-refractivity contribution in [1.29, 1.82) is 0 Å². The summed E-state index contributed by atoms with van der Waals surface area (Å²) < 4.78 is 5.21. The van der Waals surface area contributed by atoms with Gasteiger partial charge in [0.2, 0.25) is 5.89 Å². The molecule has 0 aliphatic carbocycles. The van der Waals surface area contributed by atoms with Crippen LogP contribution < -0.4 is 10.6 Å². The van der Waals surface area contributed by atoms with Crippen molar-refractivity contribution < 1.29 is 4.42 Å². The second kappa shape index (κ2) is 3.34. The van der Waals surface area contributed by atoms with Gasteiger partial charge in [-0.1, -0.05) is 5.10 Å². The summed E-state index contributed by atoms with van der Waals surface area (Å²) in [6.45, 7) is 0.537. The van der Waals surface area contributed by atoms with Crippen LogP contribution in [0.25, 0.3) is 0 Å². The van der Waals surface area contributed by atoms with Crippen molar-refractivity contribution in [3.05, 3.63) is 5.89 Å². The Labute approximate surface area is 65.2 Å². The monoisotopic (exact) mass is 156 g/mol. The van der Waals surface area contributed by atoms with Gasteiger partial charge in [-0.05, 0) is 0 Å². The van der Waals surface area contributed by atoms with E-state index in [0.717, 1.165) is 0 Å². The molecule has 0 aliphatic rings. The van der Waals surface area contributed by atoms with Crippen LogP contribution >= 0.6 is 0 Å². The first-order valence-electron chi connectivity index (χ1n) is 3.44. The largest absolute Gasteiger partial charge is 0.408 e. The van der Waals surface area contributed by atoms with E-state index in [1.807, 2.05) is 14.1 Å². The third kappa shape index (κ3) is 1.91. The van der Waals surface area contributed by atoms with Gasteiger partial charge in [-0.15, -0.1) is 5.10 Å². The van der Waals surface area contributed by atoms with Crippen LogP contribution in [-0.2, 0) is 6.42 Å². The van der Waals surface area contributed by atoms with Crippen LogP contribution in [-0.4, -0.2) is 30.8 Å². The smallest absolute Gasteiger partial charge is 0.317 e. The normalized spacial score (nSPS) is 10.1.